The van der Waals surface area contributed by atoms with Crippen molar-refractivity contribution in [2.45, 2.75) is 19.4 Å². The van der Waals surface area contributed by atoms with Gasteiger partial charge in [-0.3, -0.25) is 14.7 Å². The van der Waals surface area contributed by atoms with Gasteiger partial charge in [-0.15, -0.1) is 0 Å². The molecule has 1 aliphatic heterocycles. The normalized spacial score (nSPS) is 17.6. The average Bonchev–Trinajstić information content (AvgIpc) is 2.56. The topological polar surface area (TPSA) is 74.5 Å². The molecule has 1 aliphatic rings. The van der Waals surface area contributed by atoms with Crippen LogP contribution in [-0.4, -0.2) is 61.6 Å². The number of carbonyl (C=O) groups is 1. The van der Waals surface area contributed by atoms with E-state index >= 15 is 0 Å². The summed E-state index contributed by atoms with van der Waals surface area (Å²) >= 11 is 0. The zero-order chi connectivity index (χ0) is 15.2. The van der Waals surface area contributed by atoms with Gasteiger partial charge in [0.1, 0.15) is 5.69 Å². The number of hydrogen-bond acceptors (Lipinski definition) is 5. The molecule has 2 heterocycles. The van der Waals surface area contributed by atoms with E-state index in [1.807, 2.05) is 12.1 Å². The fourth-order valence-electron chi connectivity index (χ4n) is 2.79. The van der Waals surface area contributed by atoms with E-state index in [9.17, 15) is 4.79 Å². The van der Waals surface area contributed by atoms with Gasteiger partial charge in [-0.05, 0) is 18.6 Å². The second-order valence-corrected chi connectivity index (χ2v) is 5.30. The number of hydrogen-bond donors (Lipinski definition) is 2. The third-order valence-electron chi connectivity index (χ3n) is 4.14. The first-order valence-electron chi connectivity index (χ1n) is 7.56. The monoisotopic (exact) mass is 291 g/mol. The van der Waals surface area contributed by atoms with E-state index in [0.717, 1.165) is 38.3 Å². The summed E-state index contributed by atoms with van der Waals surface area (Å²) in [4.78, 5) is 20.5. The van der Waals surface area contributed by atoms with Gasteiger partial charge in [0.15, 0.2) is 0 Å². The van der Waals surface area contributed by atoms with Crippen LogP contribution in [0.4, 0.5) is 5.69 Å². The summed E-state index contributed by atoms with van der Waals surface area (Å²) in [5.41, 5.74) is 7.34. The Bertz CT molecular complexity index is 467. The van der Waals surface area contributed by atoms with Crippen LogP contribution in [0.15, 0.2) is 18.3 Å². The van der Waals surface area contributed by atoms with Crippen LogP contribution in [0.2, 0.25) is 0 Å². The summed E-state index contributed by atoms with van der Waals surface area (Å²) in [6.07, 6.45) is 2.79. The number of nitrogens with zero attached hydrogens (tertiary/aromatic N) is 3. The fourth-order valence-corrected chi connectivity index (χ4v) is 2.79. The Kier molecular flexibility index (Phi) is 5.52. The lowest BCUT2D eigenvalue weighted by Gasteiger charge is -2.39. The molecular formula is C15H25N5O. The number of anilines is 1. The second-order valence-electron chi connectivity index (χ2n) is 5.30. The molecule has 6 heteroatoms. The Morgan fingerprint density at radius 1 is 1.43 bits per heavy atom. The van der Waals surface area contributed by atoms with Gasteiger partial charge in [0.05, 0.1) is 0 Å². The molecule has 2 rings (SSSR count). The van der Waals surface area contributed by atoms with Gasteiger partial charge < -0.3 is 16.0 Å². The highest BCUT2D eigenvalue weighted by molar-refractivity contribution is 5.92. The third kappa shape index (κ3) is 3.71. The lowest BCUT2D eigenvalue weighted by atomic mass is 10.1. The highest BCUT2D eigenvalue weighted by Crippen LogP contribution is 2.18. The van der Waals surface area contributed by atoms with Crippen molar-refractivity contribution in [3.8, 4) is 0 Å². The molecule has 1 fully saturated rings. The molecule has 0 spiro atoms. The van der Waals surface area contributed by atoms with Gasteiger partial charge in [-0.25, -0.2) is 0 Å². The van der Waals surface area contributed by atoms with Crippen molar-refractivity contribution >= 4 is 11.6 Å². The molecule has 1 aromatic heterocycles. The molecule has 0 aromatic carbocycles. The van der Waals surface area contributed by atoms with Crippen LogP contribution in [0.25, 0.3) is 0 Å². The Balaban J connectivity index is 2.00. The smallest absolute Gasteiger partial charge is 0.269 e. The van der Waals surface area contributed by atoms with Crippen molar-refractivity contribution in [1.29, 1.82) is 0 Å². The molecule has 0 radical (unpaired) electrons. The van der Waals surface area contributed by atoms with Crippen LogP contribution in [0.1, 0.15) is 23.8 Å². The number of nitrogens with one attached hydrogen (secondary N) is 1. The number of carbonyl (C=O) groups excluding carboxylic acids is 1. The Hall–Kier alpha value is -1.66. The molecule has 6 nitrogen and oxygen atoms in total. The van der Waals surface area contributed by atoms with E-state index in [1.54, 1.807) is 13.2 Å². The van der Waals surface area contributed by atoms with Crippen molar-refractivity contribution in [1.82, 2.24) is 15.2 Å². The number of nitrogens with two attached hydrogens (primary N) is 1. The quantitative estimate of drug-likeness (QED) is 0.816. The SMILES string of the molecule is CCC(CN)N1CCN(c2ccnc(C(=O)NC)c2)CC1. The molecule has 0 aliphatic carbocycles. The van der Waals surface area contributed by atoms with Crippen LogP contribution in [-0.2, 0) is 0 Å². The Morgan fingerprint density at radius 2 is 2.14 bits per heavy atom. The van der Waals surface area contributed by atoms with Crippen molar-refractivity contribution < 1.29 is 4.79 Å². The standard InChI is InChI=1S/C15H25N5O/c1-3-12(11-16)19-6-8-20(9-7-19)13-4-5-18-14(10-13)15(21)17-2/h4-5,10,12H,3,6-9,11,16H2,1-2H3,(H,17,21). The second kappa shape index (κ2) is 7.38. The Morgan fingerprint density at radius 3 is 2.71 bits per heavy atom. The number of pyridine rings is 1. The van der Waals surface area contributed by atoms with E-state index in [-0.39, 0.29) is 5.91 Å². The minimum Gasteiger partial charge on any atom is -0.369 e. The van der Waals surface area contributed by atoms with Gasteiger partial charge in [0.2, 0.25) is 0 Å². The van der Waals surface area contributed by atoms with Crippen LogP contribution < -0.4 is 16.0 Å². The summed E-state index contributed by atoms with van der Waals surface area (Å²) < 4.78 is 0. The molecule has 3 N–H and O–H groups in total. The minimum absolute atomic E-state index is 0.148. The molecule has 1 atom stereocenters. The maximum atomic E-state index is 11.7. The molecule has 1 unspecified atom stereocenters. The van der Waals surface area contributed by atoms with Crippen molar-refractivity contribution in [3.63, 3.8) is 0 Å². The maximum absolute atomic E-state index is 11.7. The van der Waals surface area contributed by atoms with Crippen molar-refractivity contribution in [3.05, 3.63) is 24.0 Å². The zero-order valence-corrected chi connectivity index (χ0v) is 12.9. The molecule has 116 valence electrons. The first-order chi connectivity index (χ1) is 10.2. The predicted octanol–water partition coefficient (Wildman–Crippen LogP) is 0.301. The van der Waals surface area contributed by atoms with Crippen LogP contribution in [0.3, 0.4) is 0 Å². The molecule has 1 saturated heterocycles. The first kappa shape index (κ1) is 15.7. The van der Waals surface area contributed by atoms with Gasteiger partial charge in [0.25, 0.3) is 5.91 Å². The number of amides is 1. The zero-order valence-electron chi connectivity index (χ0n) is 12.9. The molecule has 1 amide bonds. The van der Waals surface area contributed by atoms with E-state index in [2.05, 4.69) is 27.0 Å². The minimum atomic E-state index is -0.148. The van der Waals surface area contributed by atoms with E-state index < -0.39 is 0 Å². The highest BCUT2D eigenvalue weighted by Gasteiger charge is 2.22. The summed E-state index contributed by atoms with van der Waals surface area (Å²) in [7, 11) is 1.62. The van der Waals surface area contributed by atoms with Gasteiger partial charge >= 0.3 is 0 Å². The van der Waals surface area contributed by atoms with E-state index in [1.165, 1.54) is 0 Å². The summed E-state index contributed by atoms with van der Waals surface area (Å²) in [6.45, 7) is 6.82. The van der Waals surface area contributed by atoms with E-state index in [4.69, 9.17) is 5.73 Å². The fraction of sp³-hybridized carbons (Fsp3) is 0.600. The van der Waals surface area contributed by atoms with Crippen molar-refractivity contribution in [2.24, 2.45) is 5.73 Å². The van der Waals surface area contributed by atoms with E-state index in [0.29, 0.717) is 18.3 Å². The van der Waals surface area contributed by atoms with Crippen LogP contribution in [0.5, 0.6) is 0 Å². The summed E-state index contributed by atoms with van der Waals surface area (Å²) in [5, 5.41) is 2.61. The Labute approximate surface area is 126 Å². The van der Waals surface area contributed by atoms with Crippen molar-refractivity contribution in [2.75, 3.05) is 44.7 Å². The molecule has 0 bridgehead atoms. The maximum Gasteiger partial charge on any atom is 0.269 e. The summed E-state index contributed by atoms with van der Waals surface area (Å²) in [6, 6.07) is 4.29. The lowest BCUT2D eigenvalue weighted by Crippen LogP contribution is -2.52. The third-order valence-corrected chi connectivity index (χ3v) is 4.14. The number of rotatable bonds is 5. The summed E-state index contributed by atoms with van der Waals surface area (Å²) in [5.74, 6) is -0.148. The number of piperazine rings is 1. The van der Waals surface area contributed by atoms with Crippen LogP contribution in [0, 0.1) is 0 Å². The highest BCUT2D eigenvalue weighted by atomic mass is 16.1. The predicted molar refractivity (Wildman–Crippen MR) is 84.5 cm³/mol. The molecule has 21 heavy (non-hydrogen) atoms. The molecule has 1 aromatic rings. The average molecular weight is 291 g/mol. The first-order valence-corrected chi connectivity index (χ1v) is 7.56. The molecular weight excluding hydrogens is 266 g/mol. The largest absolute Gasteiger partial charge is 0.369 e. The lowest BCUT2D eigenvalue weighted by molar-refractivity contribution is 0.0958. The van der Waals surface area contributed by atoms with Gasteiger partial charge in [0, 0.05) is 57.7 Å². The molecule has 0 saturated carbocycles. The van der Waals surface area contributed by atoms with Crippen LogP contribution >= 0.6 is 0 Å². The number of aromatic nitrogens is 1. The van der Waals surface area contributed by atoms with Gasteiger partial charge in [-0.2, -0.15) is 0 Å². The van der Waals surface area contributed by atoms with Gasteiger partial charge in [-0.1, -0.05) is 6.92 Å².